The monoisotopic (exact) mass is 420 g/mol. The van der Waals surface area contributed by atoms with Crippen LogP contribution in [0.1, 0.15) is 20.3 Å². The lowest BCUT2D eigenvalue weighted by molar-refractivity contribution is -0.113. The molecule has 1 aliphatic heterocycles. The first-order valence-corrected chi connectivity index (χ1v) is 12.7. The van der Waals surface area contributed by atoms with Crippen LogP contribution in [0, 0.1) is 0 Å². The van der Waals surface area contributed by atoms with Crippen LogP contribution in [0.15, 0.2) is 29.2 Å². The van der Waals surface area contributed by atoms with Gasteiger partial charge in [-0.3, -0.25) is 4.79 Å². The number of amides is 1. The van der Waals surface area contributed by atoms with Crippen molar-refractivity contribution >= 4 is 43.2 Å². The Morgan fingerprint density at radius 2 is 2.00 bits per heavy atom. The quantitative estimate of drug-likeness (QED) is 0.685. The van der Waals surface area contributed by atoms with Crippen molar-refractivity contribution in [2.24, 2.45) is 0 Å². The smallest absolute Gasteiger partial charge is 0.243 e. The van der Waals surface area contributed by atoms with Crippen LogP contribution in [0.3, 0.4) is 0 Å². The summed E-state index contributed by atoms with van der Waals surface area (Å²) in [7, 11) is -6.55. The third kappa shape index (κ3) is 5.45. The maximum absolute atomic E-state index is 12.5. The van der Waals surface area contributed by atoms with Gasteiger partial charge in [0.2, 0.25) is 15.9 Å². The zero-order valence-electron chi connectivity index (χ0n) is 14.8. The van der Waals surface area contributed by atoms with Crippen molar-refractivity contribution in [3.05, 3.63) is 24.3 Å². The molecule has 2 rings (SSSR count). The van der Waals surface area contributed by atoms with Gasteiger partial charge in [-0.1, -0.05) is 19.9 Å². The van der Waals surface area contributed by atoms with E-state index >= 15 is 0 Å². The Morgan fingerprint density at radius 3 is 2.58 bits per heavy atom. The van der Waals surface area contributed by atoms with E-state index in [0.717, 1.165) is 0 Å². The van der Waals surface area contributed by atoms with Gasteiger partial charge in [0, 0.05) is 24.0 Å². The maximum Gasteiger partial charge on any atom is 0.243 e. The molecular weight excluding hydrogens is 396 g/mol. The van der Waals surface area contributed by atoms with Crippen LogP contribution in [0.25, 0.3) is 0 Å². The molecule has 1 heterocycles. The normalized spacial score (nSPS) is 19.6. The Hall–Kier alpha value is -1.10. The molecule has 10 heteroatoms. The zero-order valence-corrected chi connectivity index (χ0v) is 17.3. The first-order valence-electron chi connectivity index (χ1n) is 8.40. The minimum atomic E-state index is -3.59. The van der Waals surface area contributed by atoms with Gasteiger partial charge < -0.3 is 5.32 Å². The third-order valence-corrected chi connectivity index (χ3v) is 9.43. The largest absolute Gasteiger partial charge is 0.325 e. The van der Waals surface area contributed by atoms with Crippen LogP contribution in [0.4, 0.5) is 5.69 Å². The standard InChI is InChI=1S/C16H24N2O5S3/c1-3-18(4-2)26(22,23)15-7-5-6-13(10-15)17-16(19)11-24-14-8-9-25(20,21)12-14/h5-7,10,14H,3-4,8-9,11-12H2,1-2H3,(H,17,19)/t14-/m0/s1. The number of carbonyl (C=O) groups is 1. The summed E-state index contributed by atoms with van der Waals surface area (Å²) in [6, 6.07) is 6.16. The van der Waals surface area contributed by atoms with Crippen molar-refractivity contribution in [3.8, 4) is 0 Å². The molecule has 0 bridgehead atoms. The summed E-state index contributed by atoms with van der Waals surface area (Å²) in [5.74, 6) is 0.143. The molecule has 0 aromatic heterocycles. The summed E-state index contributed by atoms with van der Waals surface area (Å²) in [6.45, 7) is 4.28. The highest BCUT2D eigenvalue weighted by molar-refractivity contribution is 8.02. The SMILES string of the molecule is CCN(CC)S(=O)(=O)c1cccc(NC(=O)CS[C@H]2CCS(=O)(=O)C2)c1. The lowest BCUT2D eigenvalue weighted by Crippen LogP contribution is -2.30. The second-order valence-corrected chi connectivity index (χ2v) is 11.5. The van der Waals surface area contributed by atoms with Crippen LogP contribution >= 0.6 is 11.8 Å². The topological polar surface area (TPSA) is 101 Å². The number of carbonyl (C=O) groups excluding carboxylic acids is 1. The maximum atomic E-state index is 12.5. The summed E-state index contributed by atoms with van der Waals surface area (Å²) in [5, 5.41) is 2.63. The van der Waals surface area contributed by atoms with Crippen molar-refractivity contribution < 1.29 is 21.6 Å². The van der Waals surface area contributed by atoms with Crippen molar-refractivity contribution in [2.45, 2.75) is 30.4 Å². The summed E-state index contributed by atoms with van der Waals surface area (Å²) >= 11 is 1.32. The van der Waals surface area contributed by atoms with E-state index in [-0.39, 0.29) is 33.3 Å². The molecule has 26 heavy (non-hydrogen) atoms. The number of hydrogen-bond donors (Lipinski definition) is 1. The van der Waals surface area contributed by atoms with Crippen LogP contribution in [-0.4, -0.2) is 62.6 Å². The Labute approximate surface area is 159 Å². The predicted octanol–water partition coefficient (Wildman–Crippen LogP) is 1.58. The number of sulfone groups is 1. The first kappa shape index (κ1) is 21.2. The highest BCUT2D eigenvalue weighted by Gasteiger charge is 2.28. The van der Waals surface area contributed by atoms with Gasteiger partial charge in [0.15, 0.2) is 9.84 Å². The second-order valence-electron chi connectivity index (χ2n) is 6.00. The third-order valence-electron chi connectivity index (χ3n) is 4.10. The van der Waals surface area contributed by atoms with Crippen molar-refractivity contribution in [3.63, 3.8) is 0 Å². The molecule has 0 saturated carbocycles. The zero-order chi connectivity index (χ0) is 19.4. The van der Waals surface area contributed by atoms with Gasteiger partial charge in [-0.2, -0.15) is 4.31 Å². The Kier molecular flexibility index (Phi) is 7.12. The van der Waals surface area contributed by atoms with E-state index in [2.05, 4.69) is 5.32 Å². The number of rotatable bonds is 8. The van der Waals surface area contributed by atoms with Gasteiger partial charge in [0.05, 0.1) is 22.2 Å². The highest BCUT2D eigenvalue weighted by atomic mass is 32.2. The molecule has 1 amide bonds. The molecule has 7 nitrogen and oxygen atoms in total. The van der Waals surface area contributed by atoms with Gasteiger partial charge in [-0.25, -0.2) is 16.8 Å². The van der Waals surface area contributed by atoms with Crippen LogP contribution < -0.4 is 5.32 Å². The molecule has 1 saturated heterocycles. The van der Waals surface area contributed by atoms with E-state index < -0.39 is 19.9 Å². The van der Waals surface area contributed by atoms with Crippen LogP contribution in [-0.2, 0) is 24.7 Å². The van der Waals surface area contributed by atoms with Gasteiger partial charge >= 0.3 is 0 Å². The van der Waals surface area contributed by atoms with Crippen molar-refractivity contribution in [1.82, 2.24) is 4.31 Å². The molecular formula is C16H24N2O5S3. The summed E-state index contributed by atoms with van der Waals surface area (Å²) in [6.07, 6.45) is 0.567. The minimum absolute atomic E-state index is 0.0554. The summed E-state index contributed by atoms with van der Waals surface area (Å²) < 4.78 is 49.3. The minimum Gasteiger partial charge on any atom is -0.325 e. The van der Waals surface area contributed by atoms with E-state index in [0.29, 0.717) is 25.2 Å². The summed E-state index contributed by atoms with van der Waals surface area (Å²) in [5.41, 5.74) is 0.405. The second kappa shape index (κ2) is 8.73. The number of nitrogens with zero attached hydrogens (tertiary/aromatic N) is 1. The average molecular weight is 421 g/mol. The van der Waals surface area contributed by atoms with Crippen LogP contribution in [0.2, 0.25) is 0 Å². The molecule has 0 spiro atoms. The summed E-state index contributed by atoms with van der Waals surface area (Å²) in [4.78, 5) is 12.2. The Balaban J connectivity index is 1.99. The molecule has 1 N–H and O–H groups in total. The fourth-order valence-corrected chi connectivity index (χ4v) is 7.68. The van der Waals surface area contributed by atoms with E-state index in [1.54, 1.807) is 26.0 Å². The number of anilines is 1. The molecule has 1 aromatic rings. The number of sulfonamides is 1. The molecule has 1 fully saturated rings. The van der Waals surface area contributed by atoms with Gasteiger partial charge in [0.1, 0.15) is 0 Å². The van der Waals surface area contributed by atoms with Gasteiger partial charge in [-0.05, 0) is 24.6 Å². The van der Waals surface area contributed by atoms with E-state index in [1.807, 2.05) is 0 Å². The number of thioether (sulfide) groups is 1. The van der Waals surface area contributed by atoms with E-state index in [4.69, 9.17) is 0 Å². The molecule has 146 valence electrons. The molecule has 1 aliphatic rings. The highest BCUT2D eigenvalue weighted by Crippen LogP contribution is 2.25. The number of hydrogen-bond acceptors (Lipinski definition) is 6. The molecule has 0 unspecified atom stereocenters. The van der Waals surface area contributed by atoms with E-state index in [9.17, 15) is 21.6 Å². The average Bonchev–Trinajstić information content (AvgIpc) is 2.93. The molecule has 0 aliphatic carbocycles. The van der Waals surface area contributed by atoms with Crippen LogP contribution in [0.5, 0.6) is 0 Å². The Bertz CT molecular complexity index is 848. The lowest BCUT2D eigenvalue weighted by Gasteiger charge is -2.18. The number of benzene rings is 1. The lowest BCUT2D eigenvalue weighted by atomic mass is 10.3. The van der Waals surface area contributed by atoms with Crippen molar-refractivity contribution in [2.75, 3.05) is 35.7 Å². The van der Waals surface area contributed by atoms with Gasteiger partial charge in [-0.15, -0.1) is 11.8 Å². The fraction of sp³-hybridized carbons (Fsp3) is 0.562. The van der Waals surface area contributed by atoms with Crippen molar-refractivity contribution in [1.29, 1.82) is 0 Å². The molecule has 1 aromatic carbocycles. The van der Waals surface area contributed by atoms with E-state index in [1.165, 1.54) is 28.2 Å². The number of nitrogens with one attached hydrogen (secondary N) is 1. The Morgan fingerprint density at radius 1 is 1.31 bits per heavy atom. The predicted molar refractivity (Wildman–Crippen MR) is 105 cm³/mol. The van der Waals surface area contributed by atoms with Gasteiger partial charge in [0.25, 0.3) is 0 Å². The fourth-order valence-electron chi connectivity index (χ4n) is 2.73. The molecule has 1 atom stereocenters. The first-order chi connectivity index (χ1) is 12.2. The molecule has 0 radical (unpaired) electrons.